The Morgan fingerprint density at radius 3 is 2.46 bits per heavy atom. The summed E-state index contributed by atoms with van der Waals surface area (Å²) in [5.41, 5.74) is 0.627. The Bertz CT molecular complexity index is 1690. The van der Waals surface area contributed by atoms with Gasteiger partial charge in [-0.15, -0.1) is 0 Å². The lowest BCUT2D eigenvalue weighted by molar-refractivity contribution is -0.377. The van der Waals surface area contributed by atoms with Gasteiger partial charge in [-0.1, -0.05) is 29.3 Å². The number of rotatable bonds is 15. The number of halogens is 4. The van der Waals surface area contributed by atoms with Crippen LogP contribution in [0, 0.1) is 5.92 Å². The molecule has 16 heteroatoms. The second kappa shape index (κ2) is 15.9. The van der Waals surface area contributed by atoms with Crippen LogP contribution in [-0.4, -0.2) is 83.3 Å². The molecule has 260 valence electrons. The fourth-order valence-corrected chi connectivity index (χ4v) is 6.63. The molecule has 0 bridgehead atoms. The molecule has 1 aromatic heterocycles. The maximum absolute atomic E-state index is 13.8. The molecule has 1 saturated heterocycles. The fourth-order valence-electron chi connectivity index (χ4n) is 5.19. The normalized spacial score (nSPS) is 16.0. The first-order chi connectivity index (χ1) is 22.9. The standard InChI is InChI=1S/C32H35Cl2F2N3O8S/c1-48(42,43)39(9-8-38-10-12-44-13-11-38)22-5-6-27(40)24(15-22)31(41)46-29(16-23-25(33)17-37-18-26(23)34)21-4-7-28(47-32(35)36)30(14-21)45-19-20-2-3-20/h4-7,14-15,17-18,20,29,32,40H,2-3,8-13,16,19H2,1H3/p+1/t29-/m0/s1. The van der Waals surface area contributed by atoms with Crippen LogP contribution in [-0.2, 0) is 25.9 Å². The molecule has 1 atom stereocenters. The van der Waals surface area contributed by atoms with Gasteiger partial charge in [0.05, 0.1) is 31.8 Å². The zero-order chi connectivity index (χ0) is 34.4. The number of ether oxygens (including phenoxy) is 4. The molecule has 2 heterocycles. The molecule has 48 heavy (non-hydrogen) atoms. The molecule has 1 saturated carbocycles. The predicted octanol–water partition coefficient (Wildman–Crippen LogP) is 5.14. The highest BCUT2D eigenvalue weighted by atomic mass is 35.5. The molecule has 2 N–H and O–H groups in total. The van der Waals surface area contributed by atoms with Gasteiger partial charge in [-0.25, -0.2) is 18.2 Å². The summed E-state index contributed by atoms with van der Waals surface area (Å²) in [6, 6.07) is 8.05. The smallest absolute Gasteiger partial charge is 0.387 e. The number of H-pyrrole nitrogens is 1. The second-order valence-electron chi connectivity index (χ2n) is 11.6. The largest absolute Gasteiger partial charge is 0.507 e. The molecule has 0 amide bonds. The van der Waals surface area contributed by atoms with E-state index in [1.165, 1.54) is 48.8 Å². The average molecular weight is 732 g/mol. The lowest BCUT2D eigenvalue weighted by atomic mass is 10.0. The zero-order valence-electron chi connectivity index (χ0n) is 26.0. The number of hydrogen-bond acceptors (Lipinski definition) is 9. The summed E-state index contributed by atoms with van der Waals surface area (Å²) < 4.78 is 75.0. The number of nitrogens with one attached hydrogen (secondary N) is 1. The minimum absolute atomic E-state index is 0.0354. The van der Waals surface area contributed by atoms with Gasteiger partial charge in [-0.05, 0) is 54.7 Å². The second-order valence-corrected chi connectivity index (χ2v) is 14.3. The molecule has 0 radical (unpaired) electrons. The number of pyridine rings is 1. The molecular formula is C32H36Cl2F2N3O8S+. The van der Waals surface area contributed by atoms with E-state index in [1.54, 1.807) is 0 Å². The number of morpholine rings is 1. The van der Waals surface area contributed by atoms with Gasteiger partial charge in [0.2, 0.25) is 10.0 Å². The van der Waals surface area contributed by atoms with E-state index in [0.717, 1.165) is 23.4 Å². The quantitative estimate of drug-likeness (QED) is 0.211. The number of nitrogens with zero attached hydrogens (tertiary/aromatic N) is 2. The van der Waals surface area contributed by atoms with Gasteiger partial charge in [-0.2, -0.15) is 8.78 Å². The molecule has 2 aliphatic rings. The summed E-state index contributed by atoms with van der Waals surface area (Å²) in [5.74, 6) is -1.27. The van der Waals surface area contributed by atoms with Crippen molar-refractivity contribution in [2.24, 2.45) is 5.92 Å². The third-order valence-electron chi connectivity index (χ3n) is 7.97. The fraction of sp³-hybridized carbons (Fsp3) is 0.438. The summed E-state index contributed by atoms with van der Waals surface area (Å²) >= 11 is 12.9. The molecule has 0 unspecified atom stereocenters. The van der Waals surface area contributed by atoms with Crippen molar-refractivity contribution in [1.82, 2.24) is 4.90 Å². The molecule has 1 aliphatic heterocycles. The predicted molar refractivity (Wildman–Crippen MR) is 174 cm³/mol. The Morgan fingerprint density at radius 2 is 1.81 bits per heavy atom. The van der Waals surface area contributed by atoms with Crippen LogP contribution >= 0.6 is 23.2 Å². The summed E-state index contributed by atoms with van der Waals surface area (Å²) in [7, 11) is -3.78. The molecule has 11 nitrogen and oxygen atoms in total. The minimum atomic E-state index is -3.78. The number of sulfonamides is 1. The average Bonchev–Trinajstić information content (AvgIpc) is 3.87. The van der Waals surface area contributed by atoms with E-state index < -0.39 is 34.5 Å². The van der Waals surface area contributed by atoms with Crippen LogP contribution in [0.3, 0.4) is 0 Å². The molecule has 2 fully saturated rings. The van der Waals surface area contributed by atoms with Crippen LogP contribution in [0.5, 0.6) is 17.2 Å². The van der Waals surface area contributed by atoms with Crippen molar-refractivity contribution in [2.45, 2.75) is 32.0 Å². The van der Waals surface area contributed by atoms with Crippen molar-refractivity contribution in [3.05, 3.63) is 75.5 Å². The van der Waals surface area contributed by atoms with Crippen molar-refractivity contribution in [1.29, 1.82) is 0 Å². The van der Waals surface area contributed by atoms with Crippen LogP contribution < -0.4 is 18.8 Å². The number of esters is 1. The van der Waals surface area contributed by atoms with Gasteiger partial charge in [0.1, 0.15) is 27.5 Å². The number of carbonyl (C=O) groups is 1. The van der Waals surface area contributed by atoms with Gasteiger partial charge >= 0.3 is 12.6 Å². The van der Waals surface area contributed by atoms with Crippen LogP contribution in [0.25, 0.3) is 0 Å². The number of hydrogen-bond donors (Lipinski definition) is 1. The number of aromatic hydroxyl groups is 1. The Balaban J connectivity index is 1.46. The van der Waals surface area contributed by atoms with E-state index in [4.69, 9.17) is 37.4 Å². The third kappa shape index (κ3) is 9.59. The highest BCUT2D eigenvalue weighted by Crippen LogP contribution is 2.38. The molecule has 3 aromatic rings. The highest BCUT2D eigenvalue weighted by Gasteiger charge is 2.28. The Hall–Kier alpha value is -3.43. The number of aromatic amines is 1. The molecule has 2 aromatic carbocycles. The van der Waals surface area contributed by atoms with Gasteiger partial charge in [0.25, 0.3) is 0 Å². The number of phenols is 1. The lowest BCUT2D eigenvalue weighted by Crippen LogP contribution is -2.43. The Labute approximate surface area is 287 Å². The van der Waals surface area contributed by atoms with Crippen LogP contribution in [0.2, 0.25) is 10.0 Å². The van der Waals surface area contributed by atoms with Crippen molar-refractivity contribution in [3.8, 4) is 17.2 Å². The van der Waals surface area contributed by atoms with Crippen molar-refractivity contribution >= 4 is 44.9 Å². The number of aromatic nitrogens is 1. The number of carbonyl (C=O) groups excluding carboxylic acids is 1. The van der Waals surface area contributed by atoms with E-state index in [2.05, 4.69) is 14.6 Å². The van der Waals surface area contributed by atoms with E-state index >= 15 is 0 Å². The Kier molecular flexibility index (Phi) is 11.8. The van der Waals surface area contributed by atoms with Crippen molar-refractivity contribution in [2.75, 3.05) is 56.6 Å². The SMILES string of the molecule is CS(=O)(=O)N(CCN1CCOCC1)c1ccc(O)c(C(=O)O[C@@H](Cc2c(Cl)c[nH+]cc2Cl)c2ccc(OC(F)F)c(OCC3CC3)c2)c1. The maximum Gasteiger partial charge on any atom is 0.387 e. The third-order valence-corrected chi connectivity index (χ3v) is 9.84. The monoisotopic (exact) mass is 730 g/mol. The van der Waals surface area contributed by atoms with Gasteiger partial charge in [-0.3, -0.25) is 9.21 Å². The zero-order valence-corrected chi connectivity index (χ0v) is 28.4. The molecule has 5 rings (SSSR count). The maximum atomic E-state index is 13.8. The summed E-state index contributed by atoms with van der Waals surface area (Å²) in [5, 5.41) is 11.2. The van der Waals surface area contributed by atoms with Crippen LogP contribution in [0.15, 0.2) is 48.8 Å². The topological polar surface area (TPSA) is 129 Å². The summed E-state index contributed by atoms with van der Waals surface area (Å²) in [4.78, 5) is 18.6. The van der Waals surface area contributed by atoms with Gasteiger partial charge in [0, 0.05) is 38.2 Å². The number of anilines is 1. The molecule has 1 aliphatic carbocycles. The first kappa shape index (κ1) is 35.9. The van der Waals surface area contributed by atoms with E-state index in [0.29, 0.717) is 56.5 Å². The van der Waals surface area contributed by atoms with Crippen molar-refractivity contribution in [3.63, 3.8) is 0 Å². The van der Waals surface area contributed by atoms with E-state index in [9.17, 15) is 27.1 Å². The Morgan fingerprint density at radius 1 is 1.10 bits per heavy atom. The number of alkyl halides is 2. The minimum Gasteiger partial charge on any atom is -0.507 e. The summed E-state index contributed by atoms with van der Waals surface area (Å²) in [6.45, 7) is 0.117. The van der Waals surface area contributed by atoms with Gasteiger partial charge < -0.3 is 24.1 Å². The van der Waals surface area contributed by atoms with E-state index in [1.807, 2.05) is 0 Å². The van der Waals surface area contributed by atoms with Crippen LogP contribution in [0.4, 0.5) is 14.5 Å². The first-order valence-electron chi connectivity index (χ1n) is 15.3. The van der Waals surface area contributed by atoms with E-state index in [-0.39, 0.29) is 45.8 Å². The first-order valence-corrected chi connectivity index (χ1v) is 17.9. The molecule has 0 spiro atoms. The number of benzene rings is 2. The van der Waals surface area contributed by atoms with Gasteiger partial charge in [0.15, 0.2) is 23.9 Å². The van der Waals surface area contributed by atoms with Crippen molar-refractivity contribution < 1.29 is 51.0 Å². The molecular weight excluding hydrogens is 695 g/mol. The number of phenolic OH excluding ortho intramolecular Hbond substituents is 1. The lowest BCUT2D eigenvalue weighted by Gasteiger charge is -2.30. The van der Waals surface area contributed by atoms with Crippen LogP contribution in [0.1, 0.15) is 40.4 Å². The summed E-state index contributed by atoms with van der Waals surface area (Å²) in [6.07, 6.45) is 4.80. The highest BCUT2D eigenvalue weighted by molar-refractivity contribution is 7.92.